The SMILES string of the molecule is CC(C)(C)OC(=O)NC1Cc2ccc(Nc3cc(-c4ccc(C(F)(F)F)cc4NCC4CCCCC4)ncn3)cc2C1. The topological polar surface area (TPSA) is 88.2 Å². The zero-order valence-electron chi connectivity index (χ0n) is 24.3. The van der Waals surface area contributed by atoms with Crippen LogP contribution in [0.3, 0.4) is 0 Å². The van der Waals surface area contributed by atoms with Gasteiger partial charge in [0.15, 0.2) is 0 Å². The minimum atomic E-state index is -4.44. The molecule has 1 saturated carbocycles. The zero-order valence-corrected chi connectivity index (χ0v) is 24.3. The van der Waals surface area contributed by atoms with Crippen LogP contribution in [-0.4, -0.2) is 34.2 Å². The highest BCUT2D eigenvalue weighted by molar-refractivity contribution is 5.78. The lowest BCUT2D eigenvalue weighted by molar-refractivity contribution is -0.137. The summed E-state index contributed by atoms with van der Waals surface area (Å²) in [5, 5.41) is 9.56. The summed E-state index contributed by atoms with van der Waals surface area (Å²) in [7, 11) is 0. The monoisotopic (exact) mass is 581 g/mol. The van der Waals surface area contributed by atoms with E-state index in [1.807, 2.05) is 39.0 Å². The third-order valence-electron chi connectivity index (χ3n) is 7.73. The third-order valence-corrected chi connectivity index (χ3v) is 7.73. The summed E-state index contributed by atoms with van der Waals surface area (Å²) in [6.45, 7) is 6.13. The Labute approximate surface area is 244 Å². The van der Waals surface area contributed by atoms with Crippen LogP contribution in [0.15, 0.2) is 48.8 Å². The minimum absolute atomic E-state index is 0.0463. The predicted octanol–water partition coefficient (Wildman–Crippen LogP) is 7.89. The lowest BCUT2D eigenvalue weighted by Crippen LogP contribution is -2.39. The summed E-state index contributed by atoms with van der Waals surface area (Å²) in [5.74, 6) is 0.974. The average molecular weight is 582 g/mol. The molecule has 10 heteroatoms. The number of ether oxygens (including phenoxy) is 1. The Morgan fingerprint density at radius 3 is 2.45 bits per heavy atom. The van der Waals surface area contributed by atoms with E-state index in [2.05, 4.69) is 25.9 Å². The van der Waals surface area contributed by atoms with Gasteiger partial charge >= 0.3 is 12.3 Å². The molecule has 3 N–H and O–H groups in total. The van der Waals surface area contributed by atoms with Crippen LogP contribution in [-0.2, 0) is 23.8 Å². The molecule has 0 spiro atoms. The molecule has 2 aliphatic carbocycles. The van der Waals surface area contributed by atoms with E-state index in [-0.39, 0.29) is 6.04 Å². The van der Waals surface area contributed by atoms with E-state index < -0.39 is 23.4 Å². The fraction of sp³-hybridized carbons (Fsp3) is 0.469. The normalized spacial score (nSPS) is 17.4. The number of alkyl carbamates (subject to hydrolysis) is 1. The first-order chi connectivity index (χ1) is 19.9. The van der Waals surface area contributed by atoms with Crippen molar-refractivity contribution in [3.63, 3.8) is 0 Å². The van der Waals surface area contributed by atoms with Gasteiger partial charge in [0.25, 0.3) is 0 Å². The highest BCUT2D eigenvalue weighted by Crippen LogP contribution is 2.37. The number of nitrogens with zero attached hydrogens (tertiary/aromatic N) is 2. The zero-order chi connectivity index (χ0) is 29.9. The predicted molar refractivity (Wildman–Crippen MR) is 158 cm³/mol. The Kier molecular flexibility index (Phi) is 8.61. The van der Waals surface area contributed by atoms with E-state index in [1.54, 1.807) is 6.07 Å². The van der Waals surface area contributed by atoms with E-state index in [0.717, 1.165) is 55.0 Å². The number of benzene rings is 2. The third kappa shape index (κ3) is 7.72. The summed E-state index contributed by atoms with van der Waals surface area (Å²) >= 11 is 0. The fourth-order valence-electron chi connectivity index (χ4n) is 5.73. The number of nitrogens with one attached hydrogen (secondary N) is 3. The summed E-state index contributed by atoms with van der Waals surface area (Å²) in [4.78, 5) is 21.0. The molecular formula is C32H38F3N5O2. The number of rotatable bonds is 7. The van der Waals surface area contributed by atoms with Gasteiger partial charge < -0.3 is 20.7 Å². The molecule has 42 heavy (non-hydrogen) atoms. The molecule has 5 rings (SSSR count). The van der Waals surface area contributed by atoms with Gasteiger partial charge in [0.05, 0.1) is 11.3 Å². The van der Waals surface area contributed by atoms with Crippen LogP contribution in [0.1, 0.15) is 69.6 Å². The lowest BCUT2D eigenvalue weighted by Gasteiger charge is -2.23. The second kappa shape index (κ2) is 12.2. The number of fused-ring (bicyclic) bond motifs is 1. The van der Waals surface area contributed by atoms with E-state index in [0.29, 0.717) is 41.6 Å². The van der Waals surface area contributed by atoms with Crippen LogP contribution in [0.25, 0.3) is 11.3 Å². The summed E-state index contributed by atoms with van der Waals surface area (Å²) in [6.07, 6.45) is 3.65. The molecule has 1 aromatic heterocycles. The smallest absolute Gasteiger partial charge is 0.416 e. The second-order valence-corrected chi connectivity index (χ2v) is 12.3. The van der Waals surface area contributed by atoms with Crippen molar-refractivity contribution in [1.82, 2.24) is 15.3 Å². The highest BCUT2D eigenvalue weighted by Gasteiger charge is 2.31. The van der Waals surface area contributed by atoms with Crippen molar-refractivity contribution >= 4 is 23.3 Å². The molecule has 0 radical (unpaired) electrons. The summed E-state index contributed by atoms with van der Waals surface area (Å²) in [6, 6.07) is 11.5. The summed E-state index contributed by atoms with van der Waals surface area (Å²) < 4.78 is 46.1. The maximum Gasteiger partial charge on any atom is 0.416 e. The molecule has 3 aromatic rings. The molecule has 0 aliphatic heterocycles. The van der Waals surface area contributed by atoms with Gasteiger partial charge in [0.1, 0.15) is 17.7 Å². The van der Waals surface area contributed by atoms with Crippen molar-refractivity contribution in [1.29, 1.82) is 0 Å². The highest BCUT2D eigenvalue weighted by atomic mass is 19.4. The van der Waals surface area contributed by atoms with Crippen LogP contribution >= 0.6 is 0 Å². The van der Waals surface area contributed by atoms with Gasteiger partial charge in [0.2, 0.25) is 0 Å². The summed E-state index contributed by atoms with van der Waals surface area (Å²) in [5.41, 5.74) is 3.37. The molecule has 2 aliphatic rings. The van der Waals surface area contributed by atoms with Crippen molar-refractivity contribution in [2.45, 2.75) is 83.5 Å². The van der Waals surface area contributed by atoms with E-state index in [9.17, 15) is 18.0 Å². The molecule has 1 unspecified atom stereocenters. The molecule has 1 heterocycles. The molecule has 7 nitrogen and oxygen atoms in total. The van der Waals surface area contributed by atoms with Crippen LogP contribution in [0.4, 0.5) is 35.2 Å². The number of anilines is 3. The van der Waals surface area contributed by atoms with Crippen molar-refractivity contribution in [3.8, 4) is 11.3 Å². The Morgan fingerprint density at radius 1 is 0.952 bits per heavy atom. The van der Waals surface area contributed by atoms with Crippen LogP contribution < -0.4 is 16.0 Å². The maximum atomic E-state index is 13.6. The van der Waals surface area contributed by atoms with Crippen LogP contribution in [0.2, 0.25) is 0 Å². The largest absolute Gasteiger partial charge is 0.444 e. The molecule has 1 fully saturated rings. The first-order valence-corrected chi connectivity index (χ1v) is 14.6. The molecular weight excluding hydrogens is 543 g/mol. The first-order valence-electron chi connectivity index (χ1n) is 14.6. The number of hydrogen-bond acceptors (Lipinski definition) is 6. The van der Waals surface area contributed by atoms with Gasteiger partial charge in [-0.1, -0.05) is 31.4 Å². The van der Waals surface area contributed by atoms with Gasteiger partial charge in [-0.15, -0.1) is 0 Å². The van der Waals surface area contributed by atoms with Crippen molar-refractivity contribution in [2.24, 2.45) is 5.92 Å². The Bertz CT molecular complexity index is 1410. The minimum Gasteiger partial charge on any atom is -0.444 e. The molecule has 2 aromatic carbocycles. The first kappa shape index (κ1) is 29.7. The van der Waals surface area contributed by atoms with Gasteiger partial charge in [-0.25, -0.2) is 14.8 Å². The second-order valence-electron chi connectivity index (χ2n) is 12.3. The number of carbonyl (C=O) groups excluding carboxylic acids is 1. The Morgan fingerprint density at radius 2 is 1.71 bits per heavy atom. The molecule has 1 amide bonds. The van der Waals surface area contributed by atoms with Crippen LogP contribution in [0.5, 0.6) is 0 Å². The van der Waals surface area contributed by atoms with Crippen molar-refractivity contribution in [3.05, 3.63) is 65.5 Å². The average Bonchev–Trinajstić information content (AvgIpc) is 3.32. The number of halogens is 3. The number of amides is 1. The quantitative estimate of drug-likeness (QED) is 0.263. The number of alkyl halides is 3. The van der Waals surface area contributed by atoms with Gasteiger partial charge in [-0.3, -0.25) is 0 Å². The molecule has 224 valence electrons. The van der Waals surface area contributed by atoms with Gasteiger partial charge in [-0.2, -0.15) is 13.2 Å². The van der Waals surface area contributed by atoms with E-state index >= 15 is 0 Å². The molecule has 1 atom stereocenters. The lowest BCUT2D eigenvalue weighted by atomic mass is 9.89. The van der Waals surface area contributed by atoms with Crippen molar-refractivity contribution < 1.29 is 22.7 Å². The fourth-order valence-corrected chi connectivity index (χ4v) is 5.73. The number of aromatic nitrogens is 2. The Balaban J connectivity index is 1.31. The van der Waals surface area contributed by atoms with E-state index in [1.165, 1.54) is 24.9 Å². The number of carbonyl (C=O) groups is 1. The van der Waals surface area contributed by atoms with Gasteiger partial charge in [0, 0.05) is 35.6 Å². The molecule has 0 bridgehead atoms. The standard InChI is InChI=1S/C32H38F3N5O2/c1-31(2,3)42-30(41)40-25-13-21-9-11-24(14-22(21)15-25)39-29-17-28(37-19-38-29)26-12-10-23(32(33,34)35)16-27(26)36-18-20-7-5-4-6-8-20/h9-12,14,16-17,19-20,25,36H,4-8,13,15,18H2,1-3H3,(H,40,41)(H,37,38,39). The Hall–Kier alpha value is -3.82. The molecule has 0 saturated heterocycles. The van der Waals surface area contributed by atoms with Crippen LogP contribution in [0, 0.1) is 5.92 Å². The number of hydrogen-bond donors (Lipinski definition) is 3. The van der Waals surface area contributed by atoms with Gasteiger partial charge in [-0.05, 0) is 87.8 Å². The van der Waals surface area contributed by atoms with E-state index in [4.69, 9.17) is 4.74 Å². The van der Waals surface area contributed by atoms with Crippen molar-refractivity contribution in [2.75, 3.05) is 17.2 Å². The maximum absolute atomic E-state index is 13.6.